The molecule has 0 aliphatic carbocycles. The number of ether oxygens (including phenoxy) is 1. The molecule has 0 bridgehead atoms. The van der Waals surface area contributed by atoms with Crippen molar-refractivity contribution in [2.24, 2.45) is 9.98 Å². The van der Waals surface area contributed by atoms with Crippen molar-refractivity contribution in [2.75, 3.05) is 42.6 Å². The summed E-state index contributed by atoms with van der Waals surface area (Å²) in [5, 5.41) is 17.7. The molecule has 49 heavy (non-hydrogen) atoms. The molecule has 0 radical (unpaired) electrons. The van der Waals surface area contributed by atoms with Crippen LogP contribution in [0.25, 0.3) is 0 Å². The van der Waals surface area contributed by atoms with Gasteiger partial charge in [-0.05, 0) is 12.1 Å². The van der Waals surface area contributed by atoms with E-state index in [1.54, 1.807) is 6.07 Å². The van der Waals surface area contributed by atoms with E-state index in [0.29, 0.717) is 22.0 Å². The van der Waals surface area contributed by atoms with Crippen LogP contribution in [-0.2, 0) is 9.59 Å². The first-order chi connectivity index (χ1) is 22.9. The number of alkyl halides is 6. The second kappa shape index (κ2) is 13.1. The molecule has 11 nitrogen and oxygen atoms in total. The molecule has 4 heterocycles. The Morgan fingerprint density at radius 3 is 1.69 bits per heavy atom. The van der Waals surface area contributed by atoms with Crippen LogP contribution in [-0.4, -0.2) is 83.8 Å². The lowest BCUT2D eigenvalue weighted by molar-refractivity contribution is -0.119. The third-order valence-corrected chi connectivity index (χ3v) is 7.55. The van der Waals surface area contributed by atoms with Gasteiger partial charge in [-0.1, -0.05) is 23.2 Å². The number of benzene rings is 2. The lowest BCUT2D eigenvalue weighted by atomic mass is 10.2. The number of guanidine groups is 2. The average Bonchev–Trinajstić information content (AvgIpc) is 3.68. The average molecular weight is 738 g/mol. The van der Waals surface area contributed by atoms with Gasteiger partial charge in [0, 0.05) is 37.4 Å². The normalized spacial score (nSPS) is 17.4. The van der Waals surface area contributed by atoms with E-state index in [1.165, 1.54) is 0 Å². The summed E-state index contributed by atoms with van der Waals surface area (Å²) in [5.41, 5.74) is -3.13. The monoisotopic (exact) mass is 737 g/mol. The van der Waals surface area contributed by atoms with Crippen molar-refractivity contribution in [2.45, 2.75) is 12.4 Å². The number of aromatic hydroxyl groups is 1. The number of nitriles is 1. The molecule has 2 aromatic carbocycles. The number of carbonyl (C=O) groups excluding carboxylic acids is 2. The molecule has 0 unspecified atom stereocenters. The Morgan fingerprint density at radius 1 is 0.796 bits per heavy atom. The van der Waals surface area contributed by atoms with E-state index in [0.717, 1.165) is 34.1 Å². The Balaban J connectivity index is 0.000000192. The van der Waals surface area contributed by atoms with Crippen LogP contribution in [0.5, 0.6) is 11.5 Å². The summed E-state index contributed by atoms with van der Waals surface area (Å²) in [7, 11) is 0. The molecular formula is C28H17Cl2F8N7O4. The van der Waals surface area contributed by atoms with Crippen molar-refractivity contribution in [1.29, 1.82) is 5.26 Å². The summed E-state index contributed by atoms with van der Waals surface area (Å²) in [5.74, 6) is -5.43. The summed E-state index contributed by atoms with van der Waals surface area (Å²) >= 11 is 11.4. The van der Waals surface area contributed by atoms with Gasteiger partial charge in [-0.15, -0.1) is 0 Å². The minimum Gasteiger partial charge on any atom is -0.506 e. The lowest BCUT2D eigenvalue weighted by Gasteiger charge is -2.35. The second-order valence-corrected chi connectivity index (χ2v) is 10.8. The Bertz CT molecular complexity index is 1910. The molecule has 21 heteroatoms. The van der Waals surface area contributed by atoms with Gasteiger partial charge in [0.1, 0.15) is 40.6 Å². The number of allylic oxidation sites excluding steroid dienone is 2. The molecule has 0 atom stereocenters. The molecule has 0 aromatic heterocycles. The SMILES string of the molecule is N#CCOc1cc(N2C(=O)C=C(C(F)(F)F)N3CCN=C32)c(F)cc1Cl.O=C1C=C(C(F)(F)F)N2CCN=C2N1c1cc(O)c(Cl)cc1F. The van der Waals surface area contributed by atoms with Gasteiger partial charge in [-0.2, -0.15) is 31.6 Å². The zero-order valence-electron chi connectivity index (χ0n) is 24.1. The Hall–Kier alpha value is -5.09. The highest BCUT2D eigenvalue weighted by atomic mass is 35.5. The maximum absolute atomic E-state index is 14.4. The molecule has 4 aliphatic rings. The quantitative estimate of drug-likeness (QED) is 0.412. The molecule has 0 fully saturated rings. The molecular weight excluding hydrogens is 721 g/mol. The Labute approximate surface area is 279 Å². The first kappa shape index (κ1) is 35.2. The fourth-order valence-electron chi connectivity index (χ4n) is 4.96. The molecule has 6 rings (SSSR count). The standard InChI is InChI=1S/C15H9ClF4N4O2.C13H8ClF4N3O2/c16-8-5-9(17)10(6-11(8)26-4-1-21)24-13(25)7-12(15(18,19)20)23-3-2-22-14(23)24;14-6-3-7(15)8(4-9(6)22)21-11(23)5-10(13(16,17)18)20-2-1-19-12(20)21/h5-7H,2-4H2;3-5,22H,1-2H2. The maximum atomic E-state index is 14.4. The Kier molecular flexibility index (Phi) is 9.40. The predicted octanol–water partition coefficient (Wildman–Crippen LogP) is 5.49. The highest BCUT2D eigenvalue weighted by Crippen LogP contribution is 2.40. The van der Waals surface area contributed by atoms with Crippen LogP contribution in [0.3, 0.4) is 0 Å². The fourth-order valence-corrected chi connectivity index (χ4v) is 5.31. The molecule has 2 aromatic rings. The van der Waals surface area contributed by atoms with Gasteiger partial charge in [-0.3, -0.25) is 19.6 Å². The predicted molar refractivity (Wildman–Crippen MR) is 157 cm³/mol. The van der Waals surface area contributed by atoms with E-state index in [-0.39, 0.29) is 66.2 Å². The number of halogens is 10. The minimum absolute atomic E-state index is 0.0134. The molecule has 0 saturated carbocycles. The van der Waals surface area contributed by atoms with Crippen molar-refractivity contribution in [3.05, 3.63) is 69.5 Å². The van der Waals surface area contributed by atoms with Crippen molar-refractivity contribution >= 4 is 58.3 Å². The van der Waals surface area contributed by atoms with Crippen LogP contribution in [0.4, 0.5) is 46.5 Å². The number of anilines is 2. The molecule has 2 amide bonds. The number of hydrogen-bond acceptors (Lipinski definition) is 9. The number of carbonyl (C=O) groups is 2. The summed E-state index contributed by atoms with van der Waals surface area (Å²) in [6, 6.07) is 5.22. The molecule has 4 aliphatic heterocycles. The number of rotatable bonds is 4. The largest absolute Gasteiger partial charge is 0.506 e. The maximum Gasteiger partial charge on any atom is 0.431 e. The fraction of sp³-hybridized carbons (Fsp3) is 0.250. The summed E-state index contributed by atoms with van der Waals surface area (Å²) in [6.45, 7) is -0.541. The number of nitrogens with zero attached hydrogens (tertiary/aromatic N) is 7. The van der Waals surface area contributed by atoms with Crippen molar-refractivity contribution in [1.82, 2.24) is 9.80 Å². The highest BCUT2D eigenvalue weighted by molar-refractivity contribution is 6.33. The summed E-state index contributed by atoms with van der Waals surface area (Å²) < 4.78 is 112. The van der Waals surface area contributed by atoms with Gasteiger partial charge in [0.05, 0.1) is 34.5 Å². The lowest BCUT2D eigenvalue weighted by Crippen LogP contribution is -2.51. The smallest absolute Gasteiger partial charge is 0.431 e. The van der Waals surface area contributed by atoms with Gasteiger partial charge in [0.2, 0.25) is 11.9 Å². The van der Waals surface area contributed by atoms with E-state index in [9.17, 15) is 49.8 Å². The zero-order valence-corrected chi connectivity index (χ0v) is 25.6. The number of aliphatic imine (C=N–C) groups is 2. The molecule has 0 spiro atoms. The van der Waals surface area contributed by atoms with Crippen molar-refractivity contribution in [3.8, 4) is 17.6 Å². The van der Waals surface area contributed by atoms with E-state index in [4.69, 9.17) is 33.2 Å². The summed E-state index contributed by atoms with van der Waals surface area (Å²) in [6.07, 6.45) is -8.75. The van der Waals surface area contributed by atoms with E-state index >= 15 is 0 Å². The third kappa shape index (κ3) is 6.78. The van der Waals surface area contributed by atoms with Gasteiger partial charge in [0.15, 0.2) is 6.61 Å². The Morgan fingerprint density at radius 2 is 1.24 bits per heavy atom. The van der Waals surface area contributed by atoms with E-state index in [1.807, 2.05) is 0 Å². The third-order valence-electron chi connectivity index (χ3n) is 6.95. The van der Waals surface area contributed by atoms with Gasteiger partial charge >= 0.3 is 12.4 Å². The second-order valence-electron chi connectivity index (χ2n) is 10.0. The van der Waals surface area contributed by atoms with Crippen LogP contribution in [0.1, 0.15) is 0 Å². The van der Waals surface area contributed by atoms with Crippen molar-refractivity contribution < 1.29 is 54.6 Å². The van der Waals surface area contributed by atoms with Crippen LogP contribution >= 0.6 is 23.2 Å². The van der Waals surface area contributed by atoms with Crippen LogP contribution in [0, 0.1) is 23.0 Å². The topological polar surface area (TPSA) is 125 Å². The van der Waals surface area contributed by atoms with Crippen LogP contribution in [0.2, 0.25) is 10.0 Å². The van der Waals surface area contributed by atoms with Gasteiger partial charge in [0.25, 0.3) is 11.8 Å². The van der Waals surface area contributed by atoms with Crippen LogP contribution in [0.15, 0.2) is 57.8 Å². The van der Waals surface area contributed by atoms with Gasteiger partial charge in [-0.25, -0.2) is 18.6 Å². The first-order valence-electron chi connectivity index (χ1n) is 13.5. The first-order valence-corrected chi connectivity index (χ1v) is 14.3. The molecule has 1 N–H and O–H groups in total. The number of phenols is 1. The van der Waals surface area contributed by atoms with Crippen molar-refractivity contribution in [3.63, 3.8) is 0 Å². The number of hydrogen-bond donors (Lipinski definition) is 1. The minimum atomic E-state index is -4.76. The number of fused-ring (bicyclic) bond motifs is 2. The molecule has 0 saturated heterocycles. The van der Waals surface area contributed by atoms with Crippen LogP contribution < -0.4 is 14.5 Å². The number of phenolic OH excluding ortho intramolecular Hbond substituents is 1. The van der Waals surface area contributed by atoms with Gasteiger partial charge < -0.3 is 19.6 Å². The number of amides is 2. The van der Waals surface area contributed by atoms with E-state index < -0.39 is 58.6 Å². The summed E-state index contributed by atoms with van der Waals surface area (Å²) in [4.78, 5) is 35.1. The van der Waals surface area contributed by atoms with E-state index in [2.05, 4.69) is 9.98 Å². The highest BCUT2D eigenvalue weighted by Gasteiger charge is 2.48. The zero-order chi connectivity index (χ0) is 36.0. The molecule has 258 valence electrons.